The zero-order valence-corrected chi connectivity index (χ0v) is 18.9. The number of alkyl carbamates (subject to hydrolysis) is 1. The van der Waals surface area contributed by atoms with Gasteiger partial charge in [-0.1, -0.05) is 68.4 Å². The molecule has 0 heterocycles. The van der Waals surface area contributed by atoms with Gasteiger partial charge in [-0.25, -0.2) is 9.59 Å². The molecule has 174 valence electrons. The highest BCUT2D eigenvalue weighted by molar-refractivity contribution is 5.98. The van der Waals surface area contributed by atoms with E-state index in [1.165, 1.54) is 12.1 Å². The van der Waals surface area contributed by atoms with Crippen LogP contribution in [-0.2, 0) is 9.53 Å². The lowest BCUT2D eigenvalue weighted by Crippen LogP contribution is -2.47. The normalized spacial score (nSPS) is 13.0. The number of carboxylic acids is 1. The molecule has 7 heteroatoms. The number of carbonyl (C=O) groups excluding carboxylic acids is 2. The molecule has 0 spiro atoms. The van der Waals surface area contributed by atoms with Gasteiger partial charge >= 0.3 is 12.1 Å². The standard InChI is InChI=1S/C27H26N2O5/c1-16(2)24(25(30)28-18-9-7-8-17(14-18)26(31)32)29-27(33)34-15-23-21-12-5-3-10-19(21)20-11-4-6-13-22(20)23/h3-14,16,23-24H,15H2,1-2H3,(H,28,30)(H,29,33)(H,31,32)/t24-/m0/s1. The lowest BCUT2D eigenvalue weighted by Gasteiger charge is -2.22. The fraction of sp³-hybridized carbons (Fsp3) is 0.222. The van der Waals surface area contributed by atoms with Crippen molar-refractivity contribution in [1.29, 1.82) is 0 Å². The third-order valence-corrected chi connectivity index (χ3v) is 5.94. The van der Waals surface area contributed by atoms with Gasteiger partial charge in [-0.15, -0.1) is 0 Å². The number of aromatic carboxylic acids is 1. The topological polar surface area (TPSA) is 105 Å². The Morgan fingerprint density at radius 1 is 0.912 bits per heavy atom. The molecule has 0 aliphatic heterocycles. The predicted octanol–water partition coefficient (Wildman–Crippen LogP) is 4.89. The summed E-state index contributed by atoms with van der Waals surface area (Å²) >= 11 is 0. The van der Waals surface area contributed by atoms with Crippen LogP contribution in [0.4, 0.5) is 10.5 Å². The second-order valence-electron chi connectivity index (χ2n) is 8.57. The van der Waals surface area contributed by atoms with Crippen molar-refractivity contribution in [2.75, 3.05) is 11.9 Å². The van der Waals surface area contributed by atoms with Crippen LogP contribution in [0.15, 0.2) is 72.8 Å². The number of fused-ring (bicyclic) bond motifs is 3. The maximum absolute atomic E-state index is 12.8. The summed E-state index contributed by atoms with van der Waals surface area (Å²) < 4.78 is 5.56. The highest BCUT2D eigenvalue weighted by atomic mass is 16.5. The monoisotopic (exact) mass is 458 g/mol. The van der Waals surface area contributed by atoms with Gasteiger partial charge in [0.2, 0.25) is 5.91 Å². The summed E-state index contributed by atoms with van der Waals surface area (Å²) in [5, 5.41) is 14.5. The maximum Gasteiger partial charge on any atom is 0.407 e. The first-order valence-electron chi connectivity index (χ1n) is 11.1. The van der Waals surface area contributed by atoms with Crippen molar-refractivity contribution < 1.29 is 24.2 Å². The van der Waals surface area contributed by atoms with Gasteiger partial charge < -0.3 is 20.5 Å². The molecule has 34 heavy (non-hydrogen) atoms. The van der Waals surface area contributed by atoms with Gasteiger partial charge in [-0.2, -0.15) is 0 Å². The van der Waals surface area contributed by atoms with Gasteiger partial charge in [0.15, 0.2) is 0 Å². The van der Waals surface area contributed by atoms with Gasteiger partial charge in [0, 0.05) is 11.6 Å². The maximum atomic E-state index is 12.8. The van der Waals surface area contributed by atoms with E-state index in [9.17, 15) is 14.4 Å². The van der Waals surface area contributed by atoms with E-state index < -0.39 is 24.0 Å². The number of hydrogen-bond donors (Lipinski definition) is 3. The van der Waals surface area contributed by atoms with Crippen LogP contribution in [0.25, 0.3) is 11.1 Å². The number of hydrogen-bond acceptors (Lipinski definition) is 4. The van der Waals surface area contributed by atoms with Crippen LogP contribution in [0.5, 0.6) is 0 Å². The van der Waals surface area contributed by atoms with Gasteiger partial charge in [-0.3, -0.25) is 4.79 Å². The molecular formula is C27H26N2O5. The van der Waals surface area contributed by atoms with Crippen LogP contribution in [-0.4, -0.2) is 35.7 Å². The van der Waals surface area contributed by atoms with Crippen molar-refractivity contribution in [2.24, 2.45) is 5.92 Å². The van der Waals surface area contributed by atoms with Crippen LogP contribution < -0.4 is 10.6 Å². The minimum atomic E-state index is -1.09. The quantitative estimate of drug-likeness (QED) is 0.468. The fourth-order valence-corrected chi connectivity index (χ4v) is 4.25. The minimum absolute atomic E-state index is 0.0587. The van der Waals surface area contributed by atoms with Gasteiger partial charge in [0.05, 0.1) is 5.56 Å². The highest BCUT2D eigenvalue weighted by Gasteiger charge is 2.30. The van der Waals surface area contributed by atoms with Crippen molar-refractivity contribution in [1.82, 2.24) is 5.32 Å². The molecular weight excluding hydrogens is 432 g/mol. The Balaban J connectivity index is 1.42. The van der Waals surface area contributed by atoms with Gasteiger partial charge in [0.1, 0.15) is 12.6 Å². The molecule has 0 radical (unpaired) electrons. The molecule has 4 rings (SSSR count). The molecule has 0 saturated carbocycles. The fourth-order valence-electron chi connectivity index (χ4n) is 4.25. The molecule has 0 unspecified atom stereocenters. The van der Waals surface area contributed by atoms with E-state index in [0.29, 0.717) is 5.69 Å². The van der Waals surface area contributed by atoms with Crippen LogP contribution >= 0.6 is 0 Å². The Hall–Kier alpha value is -4.13. The van der Waals surface area contributed by atoms with E-state index in [1.807, 2.05) is 50.2 Å². The third kappa shape index (κ3) is 4.78. The zero-order valence-electron chi connectivity index (χ0n) is 18.9. The number of carboxylic acid groups (broad SMARTS) is 1. The Labute approximate surface area is 197 Å². The summed E-state index contributed by atoms with van der Waals surface area (Å²) in [6.07, 6.45) is -0.685. The molecule has 0 aromatic heterocycles. The smallest absolute Gasteiger partial charge is 0.407 e. The molecule has 0 fully saturated rings. The average Bonchev–Trinajstić information content (AvgIpc) is 3.15. The number of anilines is 1. The molecule has 7 nitrogen and oxygen atoms in total. The van der Waals surface area contributed by atoms with E-state index in [-0.39, 0.29) is 24.0 Å². The van der Waals surface area contributed by atoms with Crippen molar-refractivity contribution in [2.45, 2.75) is 25.8 Å². The predicted molar refractivity (Wildman–Crippen MR) is 129 cm³/mol. The molecule has 1 atom stereocenters. The first-order chi connectivity index (χ1) is 16.3. The summed E-state index contributed by atoms with van der Waals surface area (Å²) in [4.78, 5) is 36.7. The molecule has 3 aromatic carbocycles. The SMILES string of the molecule is CC(C)[C@H](NC(=O)OCC1c2ccccc2-c2ccccc21)C(=O)Nc1cccc(C(=O)O)c1. The largest absolute Gasteiger partial charge is 0.478 e. The Kier molecular flexibility index (Phi) is 6.63. The summed E-state index contributed by atoms with van der Waals surface area (Å²) in [7, 11) is 0. The van der Waals surface area contributed by atoms with Crippen molar-refractivity contribution in [3.8, 4) is 11.1 Å². The zero-order chi connectivity index (χ0) is 24.2. The van der Waals surface area contributed by atoms with Gasteiger partial charge in [0.25, 0.3) is 0 Å². The molecule has 0 saturated heterocycles. The van der Waals surface area contributed by atoms with Crippen molar-refractivity contribution >= 4 is 23.7 Å². The molecule has 1 aliphatic carbocycles. The molecule has 1 aliphatic rings. The summed E-state index contributed by atoms with van der Waals surface area (Å²) in [5.41, 5.74) is 4.87. The van der Waals surface area contributed by atoms with E-state index in [2.05, 4.69) is 22.8 Å². The number of ether oxygens (including phenoxy) is 1. The number of rotatable bonds is 7. The number of benzene rings is 3. The summed E-state index contributed by atoms with van der Waals surface area (Å²) in [6.45, 7) is 3.76. The second kappa shape index (κ2) is 9.79. The summed E-state index contributed by atoms with van der Waals surface area (Å²) in [6, 6.07) is 21.2. The molecule has 3 aromatic rings. The van der Waals surface area contributed by atoms with Crippen LogP contribution in [0, 0.1) is 5.92 Å². The van der Waals surface area contributed by atoms with Crippen molar-refractivity contribution in [3.05, 3.63) is 89.5 Å². The van der Waals surface area contributed by atoms with Gasteiger partial charge in [-0.05, 0) is 46.4 Å². The first-order valence-corrected chi connectivity index (χ1v) is 11.1. The van der Waals surface area contributed by atoms with Crippen LogP contribution in [0.1, 0.15) is 41.3 Å². The Morgan fingerprint density at radius 2 is 1.53 bits per heavy atom. The number of nitrogens with one attached hydrogen (secondary N) is 2. The molecule has 0 bridgehead atoms. The Bertz CT molecular complexity index is 1190. The van der Waals surface area contributed by atoms with Crippen LogP contribution in [0.3, 0.4) is 0 Å². The highest BCUT2D eigenvalue weighted by Crippen LogP contribution is 2.44. The van der Waals surface area contributed by atoms with E-state index in [1.54, 1.807) is 12.1 Å². The number of amides is 2. The second-order valence-corrected chi connectivity index (χ2v) is 8.57. The third-order valence-electron chi connectivity index (χ3n) is 5.94. The Morgan fingerprint density at radius 3 is 2.12 bits per heavy atom. The number of carbonyl (C=O) groups is 3. The average molecular weight is 459 g/mol. The van der Waals surface area contributed by atoms with Crippen molar-refractivity contribution in [3.63, 3.8) is 0 Å². The summed E-state index contributed by atoms with van der Waals surface area (Å²) in [5.74, 6) is -1.84. The van der Waals surface area contributed by atoms with E-state index in [4.69, 9.17) is 9.84 Å². The lowest BCUT2D eigenvalue weighted by molar-refractivity contribution is -0.119. The minimum Gasteiger partial charge on any atom is -0.478 e. The molecule has 3 N–H and O–H groups in total. The van der Waals surface area contributed by atoms with Crippen LogP contribution in [0.2, 0.25) is 0 Å². The van der Waals surface area contributed by atoms with E-state index >= 15 is 0 Å². The molecule has 2 amide bonds. The van der Waals surface area contributed by atoms with E-state index in [0.717, 1.165) is 22.3 Å². The first kappa shape index (κ1) is 23.0. The lowest BCUT2D eigenvalue weighted by atomic mass is 9.98.